The summed E-state index contributed by atoms with van der Waals surface area (Å²) < 4.78 is 38.0. The van der Waals surface area contributed by atoms with Crippen molar-refractivity contribution in [2.24, 2.45) is 5.10 Å². The predicted molar refractivity (Wildman–Crippen MR) is 74.7 cm³/mol. The fraction of sp³-hybridized carbons (Fsp3) is 0.0833. The Morgan fingerprint density at radius 2 is 1.84 bits per heavy atom. The van der Waals surface area contributed by atoms with Gasteiger partial charge in [0.05, 0.1) is 22.3 Å². The molecule has 1 aromatic carbocycles. The number of anilines is 1. The number of halogens is 4. The first-order chi connectivity index (χ1) is 8.97. The molecule has 0 saturated heterocycles. The van der Waals surface area contributed by atoms with Gasteiger partial charge in [-0.25, -0.2) is 0 Å². The molecule has 2 rings (SSSR count). The van der Waals surface area contributed by atoms with Crippen molar-refractivity contribution in [3.05, 3.63) is 50.6 Å². The molecule has 0 fully saturated rings. The lowest BCUT2D eigenvalue weighted by Crippen LogP contribution is -2.04. The van der Waals surface area contributed by atoms with Gasteiger partial charge in [0.25, 0.3) is 0 Å². The molecule has 2 nitrogen and oxygen atoms in total. The van der Waals surface area contributed by atoms with Gasteiger partial charge >= 0.3 is 6.18 Å². The summed E-state index contributed by atoms with van der Waals surface area (Å²) >= 11 is 4.86. The van der Waals surface area contributed by atoms with Gasteiger partial charge in [-0.1, -0.05) is 0 Å². The fourth-order valence-corrected chi connectivity index (χ4v) is 2.63. The van der Waals surface area contributed by atoms with Crippen molar-refractivity contribution in [1.29, 1.82) is 0 Å². The third kappa shape index (κ3) is 3.81. The normalized spacial score (nSPS) is 12.0. The Hall–Kier alpha value is -1.34. The molecule has 1 aromatic heterocycles. The van der Waals surface area contributed by atoms with Gasteiger partial charge in [0.1, 0.15) is 0 Å². The van der Waals surface area contributed by atoms with Gasteiger partial charge in [0.15, 0.2) is 0 Å². The second kappa shape index (κ2) is 5.75. The Kier molecular flexibility index (Phi) is 4.26. The quantitative estimate of drug-likeness (QED) is 0.614. The summed E-state index contributed by atoms with van der Waals surface area (Å²) in [6.45, 7) is 0. The molecule has 7 heteroatoms. The number of hydrogen-bond acceptors (Lipinski definition) is 3. The van der Waals surface area contributed by atoms with E-state index in [2.05, 4.69) is 26.5 Å². The van der Waals surface area contributed by atoms with E-state index >= 15 is 0 Å². The molecule has 1 N–H and O–H groups in total. The summed E-state index contributed by atoms with van der Waals surface area (Å²) in [5.41, 5.74) is 2.50. The third-order valence-corrected chi connectivity index (χ3v) is 4.04. The van der Waals surface area contributed by atoms with E-state index in [1.165, 1.54) is 23.5 Å². The topological polar surface area (TPSA) is 24.4 Å². The summed E-state index contributed by atoms with van der Waals surface area (Å²) in [5, 5.41) is 5.87. The molecule has 19 heavy (non-hydrogen) atoms. The van der Waals surface area contributed by atoms with E-state index in [4.69, 9.17) is 0 Å². The Balaban J connectivity index is 2.01. The van der Waals surface area contributed by atoms with E-state index in [1.54, 1.807) is 6.21 Å². The highest BCUT2D eigenvalue weighted by Crippen LogP contribution is 2.29. The van der Waals surface area contributed by atoms with Crippen molar-refractivity contribution >= 4 is 39.2 Å². The molecule has 0 unspecified atom stereocenters. The number of rotatable bonds is 3. The molecule has 1 heterocycles. The monoisotopic (exact) mass is 348 g/mol. The average molecular weight is 349 g/mol. The lowest BCUT2D eigenvalue weighted by atomic mass is 10.2. The molecule has 0 amide bonds. The number of thiophene rings is 1. The van der Waals surface area contributed by atoms with Crippen LogP contribution in [0.25, 0.3) is 0 Å². The molecule has 0 spiro atoms. The summed E-state index contributed by atoms with van der Waals surface area (Å²) in [6.07, 6.45) is -2.71. The smallest absolute Gasteiger partial charge is 0.278 e. The molecule has 0 saturated carbocycles. The maximum Gasteiger partial charge on any atom is 0.416 e. The Bertz CT molecular complexity index is 575. The lowest BCUT2D eigenvalue weighted by molar-refractivity contribution is -0.137. The van der Waals surface area contributed by atoms with Gasteiger partial charge in [0, 0.05) is 4.47 Å². The molecule has 0 radical (unpaired) electrons. The Morgan fingerprint density at radius 1 is 1.16 bits per heavy atom. The van der Waals surface area contributed by atoms with Crippen LogP contribution in [0.3, 0.4) is 0 Å². The summed E-state index contributed by atoms with van der Waals surface area (Å²) in [4.78, 5) is 0.930. The van der Waals surface area contributed by atoms with E-state index in [0.717, 1.165) is 21.5 Å². The van der Waals surface area contributed by atoms with Crippen molar-refractivity contribution < 1.29 is 13.2 Å². The van der Waals surface area contributed by atoms with Crippen LogP contribution in [0, 0.1) is 0 Å². The Labute approximate surface area is 120 Å². The van der Waals surface area contributed by atoms with Gasteiger partial charge in [-0.3, -0.25) is 5.43 Å². The number of nitrogens with zero attached hydrogens (tertiary/aromatic N) is 1. The van der Waals surface area contributed by atoms with Crippen LogP contribution < -0.4 is 5.43 Å². The minimum atomic E-state index is -4.32. The van der Waals surface area contributed by atoms with E-state index < -0.39 is 11.7 Å². The van der Waals surface area contributed by atoms with Crippen LogP contribution in [0.2, 0.25) is 0 Å². The van der Waals surface area contributed by atoms with Crippen molar-refractivity contribution in [2.45, 2.75) is 6.18 Å². The summed E-state index contributed by atoms with van der Waals surface area (Å²) in [5.74, 6) is 0. The molecule has 2 aromatic rings. The lowest BCUT2D eigenvalue weighted by Gasteiger charge is -2.06. The fourth-order valence-electron chi connectivity index (χ4n) is 1.30. The van der Waals surface area contributed by atoms with E-state index in [1.807, 2.05) is 11.4 Å². The number of nitrogens with one attached hydrogen (secondary N) is 1. The van der Waals surface area contributed by atoms with Crippen LogP contribution in [0.5, 0.6) is 0 Å². The van der Waals surface area contributed by atoms with Crippen molar-refractivity contribution in [3.8, 4) is 0 Å². The van der Waals surface area contributed by atoms with Crippen molar-refractivity contribution in [2.75, 3.05) is 5.43 Å². The van der Waals surface area contributed by atoms with Gasteiger partial charge < -0.3 is 0 Å². The first kappa shape index (κ1) is 14.1. The second-order valence-corrected chi connectivity index (χ2v) is 5.38. The van der Waals surface area contributed by atoms with E-state index in [0.29, 0.717) is 5.69 Å². The number of hydrogen-bond donors (Lipinski definition) is 1. The van der Waals surface area contributed by atoms with Crippen LogP contribution >= 0.6 is 27.3 Å². The minimum Gasteiger partial charge on any atom is -0.278 e. The van der Waals surface area contributed by atoms with Crippen LogP contribution in [-0.2, 0) is 6.18 Å². The van der Waals surface area contributed by atoms with Gasteiger partial charge in [-0.2, -0.15) is 18.3 Å². The maximum absolute atomic E-state index is 12.3. The van der Waals surface area contributed by atoms with Crippen LogP contribution in [0.1, 0.15) is 10.4 Å². The molecule has 0 atom stereocenters. The SMILES string of the molecule is FC(F)(F)c1ccc(NN=Cc2sccc2Br)cc1. The van der Waals surface area contributed by atoms with Gasteiger partial charge in [-0.15, -0.1) is 11.3 Å². The van der Waals surface area contributed by atoms with E-state index in [-0.39, 0.29) is 0 Å². The van der Waals surface area contributed by atoms with Gasteiger partial charge in [0.2, 0.25) is 0 Å². The number of benzene rings is 1. The van der Waals surface area contributed by atoms with E-state index in [9.17, 15) is 13.2 Å². The van der Waals surface area contributed by atoms with Crippen molar-refractivity contribution in [3.63, 3.8) is 0 Å². The zero-order chi connectivity index (χ0) is 13.9. The molecule has 0 aliphatic heterocycles. The number of alkyl halides is 3. The maximum atomic E-state index is 12.3. The largest absolute Gasteiger partial charge is 0.416 e. The predicted octanol–water partition coefficient (Wildman–Crippen LogP) is 4.98. The molecular formula is C12H8BrF3N2S. The molecular weight excluding hydrogens is 341 g/mol. The molecule has 100 valence electrons. The zero-order valence-electron chi connectivity index (χ0n) is 9.41. The highest BCUT2D eigenvalue weighted by molar-refractivity contribution is 9.10. The molecule has 0 bridgehead atoms. The first-order valence-electron chi connectivity index (χ1n) is 5.16. The summed E-state index contributed by atoms with van der Waals surface area (Å²) in [6, 6.07) is 6.59. The van der Waals surface area contributed by atoms with Crippen LogP contribution in [-0.4, -0.2) is 6.21 Å². The summed E-state index contributed by atoms with van der Waals surface area (Å²) in [7, 11) is 0. The highest BCUT2D eigenvalue weighted by atomic mass is 79.9. The standard InChI is InChI=1S/C12H8BrF3N2S/c13-10-5-6-19-11(10)7-17-18-9-3-1-8(2-4-9)12(14,15)16/h1-7,18H. The zero-order valence-corrected chi connectivity index (χ0v) is 11.8. The minimum absolute atomic E-state index is 0.497. The van der Waals surface area contributed by atoms with Crippen LogP contribution in [0.4, 0.5) is 18.9 Å². The first-order valence-corrected chi connectivity index (χ1v) is 6.83. The molecule has 0 aliphatic carbocycles. The van der Waals surface area contributed by atoms with Crippen LogP contribution in [0.15, 0.2) is 45.3 Å². The average Bonchev–Trinajstić information content (AvgIpc) is 2.75. The molecule has 0 aliphatic rings. The second-order valence-electron chi connectivity index (χ2n) is 3.58. The Morgan fingerprint density at radius 3 is 2.37 bits per heavy atom. The highest BCUT2D eigenvalue weighted by Gasteiger charge is 2.29. The van der Waals surface area contributed by atoms with Gasteiger partial charge in [-0.05, 0) is 51.6 Å². The van der Waals surface area contributed by atoms with Crippen molar-refractivity contribution in [1.82, 2.24) is 0 Å². The number of hydrazone groups is 1. The third-order valence-electron chi connectivity index (χ3n) is 2.23.